The number of carbonyl (C=O) groups excluding carboxylic acids is 2. The third-order valence-electron chi connectivity index (χ3n) is 4.18. The van der Waals surface area contributed by atoms with Gasteiger partial charge in [0, 0.05) is 24.9 Å². The molecule has 7 nitrogen and oxygen atoms in total. The van der Waals surface area contributed by atoms with Gasteiger partial charge in [-0.2, -0.15) is 5.26 Å². The SMILES string of the molecule is N#CC1(C(=O)NCCc2csc(NC(=O)NCc3cccc(F)c3)n2)CC1. The van der Waals surface area contributed by atoms with Crippen molar-refractivity contribution in [2.75, 3.05) is 11.9 Å². The Morgan fingerprint density at radius 3 is 2.85 bits per heavy atom. The van der Waals surface area contributed by atoms with Gasteiger partial charge in [-0.05, 0) is 30.5 Å². The number of amides is 3. The van der Waals surface area contributed by atoms with Gasteiger partial charge in [-0.3, -0.25) is 10.1 Å². The predicted molar refractivity (Wildman–Crippen MR) is 98.4 cm³/mol. The van der Waals surface area contributed by atoms with E-state index in [0.29, 0.717) is 36.5 Å². The van der Waals surface area contributed by atoms with Crippen LogP contribution < -0.4 is 16.0 Å². The molecule has 3 amide bonds. The van der Waals surface area contributed by atoms with Gasteiger partial charge in [-0.15, -0.1) is 11.3 Å². The molecule has 0 atom stereocenters. The third-order valence-corrected chi connectivity index (χ3v) is 4.99. The molecule has 2 aromatic rings. The van der Waals surface area contributed by atoms with Crippen LogP contribution in [-0.2, 0) is 17.8 Å². The van der Waals surface area contributed by atoms with Crippen LogP contribution in [0.1, 0.15) is 24.1 Å². The largest absolute Gasteiger partial charge is 0.354 e. The second kappa shape index (κ2) is 8.14. The Labute approximate surface area is 159 Å². The number of halogens is 1. The van der Waals surface area contributed by atoms with Crippen LogP contribution in [0.15, 0.2) is 29.6 Å². The Kier molecular flexibility index (Phi) is 5.66. The summed E-state index contributed by atoms with van der Waals surface area (Å²) < 4.78 is 13.1. The maximum absolute atomic E-state index is 13.1. The van der Waals surface area contributed by atoms with Gasteiger partial charge in [-0.1, -0.05) is 12.1 Å². The maximum atomic E-state index is 13.1. The Morgan fingerprint density at radius 2 is 2.15 bits per heavy atom. The molecule has 1 saturated carbocycles. The number of nitrogens with zero attached hydrogens (tertiary/aromatic N) is 2. The fourth-order valence-electron chi connectivity index (χ4n) is 2.44. The molecular weight excluding hydrogens is 369 g/mol. The molecule has 0 spiro atoms. The summed E-state index contributed by atoms with van der Waals surface area (Å²) in [6.45, 7) is 0.589. The maximum Gasteiger partial charge on any atom is 0.321 e. The highest BCUT2D eigenvalue weighted by Crippen LogP contribution is 2.44. The first kappa shape index (κ1) is 18.8. The molecule has 3 N–H and O–H groups in total. The summed E-state index contributed by atoms with van der Waals surface area (Å²) >= 11 is 1.28. The number of thiazole rings is 1. The molecule has 9 heteroatoms. The molecule has 1 aliphatic carbocycles. The second-order valence-electron chi connectivity index (χ2n) is 6.28. The number of benzene rings is 1. The number of urea groups is 1. The van der Waals surface area contributed by atoms with Crippen LogP contribution in [-0.4, -0.2) is 23.5 Å². The van der Waals surface area contributed by atoms with Crippen LogP contribution in [0.4, 0.5) is 14.3 Å². The Morgan fingerprint density at radius 1 is 1.33 bits per heavy atom. The molecule has 0 radical (unpaired) electrons. The first-order valence-electron chi connectivity index (χ1n) is 8.44. The van der Waals surface area contributed by atoms with Crippen molar-refractivity contribution in [1.29, 1.82) is 5.26 Å². The normalized spacial score (nSPS) is 14.1. The highest BCUT2D eigenvalue weighted by atomic mass is 32.1. The van der Waals surface area contributed by atoms with E-state index in [1.807, 2.05) is 0 Å². The molecule has 27 heavy (non-hydrogen) atoms. The van der Waals surface area contributed by atoms with E-state index in [0.717, 1.165) is 5.69 Å². The lowest BCUT2D eigenvalue weighted by atomic mass is 10.1. The van der Waals surface area contributed by atoms with E-state index in [2.05, 4.69) is 27.0 Å². The minimum Gasteiger partial charge on any atom is -0.354 e. The lowest BCUT2D eigenvalue weighted by Gasteiger charge is -2.07. The zero-order valence-corrected chi connectivity index (χ0v) is 15.2. The molecule has 0 aliphatic heterocycles. The number of nitrogens with one attached hydrogen (secondary N) is 3. The lowest BCUT2D eigenvalue weighted by Crippen LogP contribution is -2.32. The zero-order valence-electron chi connectivity index (χ0n) is 14.4. The summed E-state index contributed by atoms with van der Waals surface area (Å²) in [6.07, 6.45) is 1.74. The van der Waals surface area contributed by atoms with Crippen molar-refractivity contribution < 1.29 is 14.0 Å². The summed E-state index contributed by atoms with van der Waals surface area (Å²) in [5, 5.41) is 19.2. The van der Waals surface area contributed by atoms with Crippen molar-refractivity contribution in [3.05, 3.63) is 46.7 Å². The fraction of sp³-hybridized carbons (Fsp3) is 0.333. The van der Waals surface area contributed by atoms with Crippen LogP contribution in [0.2, 0.25) is 0 Å². The number of nitriles is 1. The van der Waals surface area contributed by atoms with Crippen LogP contribution in [0.5, 0.6) is 0 Å². The Balaban J connectivity index is 1.40. The Bertz CT molecular complexity index is 888. The fourth-order valence-corrected chi connectivity index (χ4v) is 3.18. The van der Waals surface area contributed by atoms with Crippen molar-refractivity contribution in [3.8, 4) is 6.07 Å². The molecule has 0 saturated heterocycles. The molecule has 1 aliphatic rings. The van der Waals surface area contributed by atoms with E-state index in [1.54, 1.807) is 17.5 Å². The molecule has 0 unspecified atom stereocenters. The predicted octanol–water partition coefficient (Wildman–Crippen LogP) is 2.57. The number of carbonyl (C=O) groups is 2. The van der Waals surface area contributed by atoms with Gasteiger partial charge in [0.2, 0.25) is 5.91 Å². The number of rotatable bonds is 7. The topological polar surface area (TPSA) is 107 Å². The summed E-state index contributed by atoms with van der Waals surface area (Å²) in [6, 6.07) is 7.62. The van der Waals surface area contributed by atoms with Crippen LogP contribution in [0.25, 0.3) is 0 Å². The number of aromatic nitrogens is 1. The molecule has 3 rings (SSSR count). The molecule has 1 aromatic heterocycles. The highest BCUT2D eigenvalue weighted by Gasteiger charge is 2.50. The smallest absolute Gasteiger partial charge is 0.321 e. The van der Waals surface area contributed by atoms with Crippen molar-refractivity contribution in [1.82, 2.24) is 15.6 Å². The summed E-state index contributed by atoms with van der Waals surface area (Å²) in [4.78, 5) is 28.1. The molecule has 1 fully saturated rings. The van der Waals surface area contributed by atoms with E-state index in [9.17, 15) is 14.0 Å². The monoisotopic (exact) mass is 387 g/mol. The van der Waals surface area contributed by atoms with Gasteiger partial charge < -0.3 is 10.6 Å². The van der Waals surface area contributed by atoms with Crippen molar-refractivity contribution >= 4 is 28.4 Å². The second-order valence-corrected chi connectivity index (χ2v) is 7.14. The van der Waals surface area contributed by atoms with E-state index in [-0.39, 0.29) is 18.3 Å². The minimum atomic E-state index is -0.825. The van der Waals surface area contributed by atoms with Gasteiger partial charge in [0.25, 0.3) is 0 Å². The molecule has 140 valence electrons. The van der Waals surface area contributed by atoms with Crippen LogP contribution in [0, 0.1) is 22.6 Å². The zero-order chi connectivity index (χ0) is 19.3. The molecule has 0 bridgehead atoms. The number of hydrogen-bond donors (Lipinski definition) is 3. The van der Waals surface area contributed by atoms with Crippen molar-refractivity contribution in [2.24, 2.45) is 5.41 Å². The summed E-state index contributed by atoms with van der Waals surface area (Å²) in [5.41, 5.74) is 0.572. The number of anilines is 1. The lowest BCUT2D eigenvalue weighted by molar-refractivity contribution is -0.124. The van der Waals surface area contributed by atoms with Gasteiger partial charge in [0.15, 0.2) is 5.13 Å². The average molecular weight is 387 g/mol. The van der Waals surface area contributed by atoms with E-state index >= 15 is 0 Å². The van der Waals surface area contributed by atoms with Gasteiger partial charge in [-0.25, -0.2) is 14.2 Å². The van der Waals surface area contributed by atoms with E-state index in [1.165, 1.54) is 23.5 Å². The minimum absolute atomic E-state index is 0.203. The van der Waals surface area contributed by atoms with E-state index in [4.69, 9.17) is 5.26 Å². The Hall–Kier alpha value is -2.99. The first-order valence-corrected chi connectivity index (χ1v) is 9.32. The highest BCUT2D eigenvalue weighted by molar-refractivity contribution is 7.13. The van der Waals surface area contributed by atoms with Gasteiger partial charge in [0.05, 0.1) is 11.8 Å². The van der Waals surface area contributed by atoms with Crippen LogP contribution >= 0.6 is 11.3 Å². The van der Waals surface area contributed by atoms with Crippen molar-refractivity contribution in [3.63, 3.8) is 0 Å². The number of hydrogen-bond acceptors (Lipinski definition) is 5. The van der Waals surface area contributed by atoms with Crippen LogP contribution in [0.3, 0.4) is 0 Å². The third kappa shape index (κ3) is 5.01. The van der Waals surface area contributed by atoms with Crippen molar-refractivity contribution in [2.45, 2.75) is 25.8 Å². The molecular formula is C18H18FN5O2S. The van der Waals surface area contributed by atoms with E-state index < -0.39 is 11.4 Å². The summed E-state index contributed by atoms with van der Waals surface area (Å²) in [7, 11) is 0. The standard InChI is InChI=1S/C18H18FN5O2S/c19-13-3-1-2-12(8-13)9-22-16(26)24-17-23-14(10-27-17)4-7-21-15(25)18(11-20)5-6-18/h1-3,8,10H,4-7,9H2,(H,21,25)(H2,22,23,24,26). The van der Waals surface area contributed by atoms with Gasteiger partial charge >= 0.3 is 6.03 Å². The molecule has 1 heterocycles. The molecule has 1 aromatic carbocycles. The quantitative estimate of drug-likeness (QED) is 0.679. The van der Waals surface area contributed by atoms with Gasteiger partial charge in [0.1, 0.15) is 11.2 Å². The average Bonchev–Trinajstić information content (AvgIpc) is 3.34. The summed E-state index contributed by atoms with van der Waals surface area (Å²) in [5.74, 6) is -0.580. The first-order chi connectivity index (χ1) is 13.0.